The van der Waals surface area contributed by atoms with E-state index in [0.717, 1.165) is 0 Å². The number of hydrogen-bond donors (Lipinski definition) is 3. The lowest BCUT2D eigenvalue weighted by Gasteiger charge is -2.15. The summed E-state index contributed by atoms with van der Waals surface area (Å²) in [6, 6.07) is 9.65. The zero-order valence-electron chi connectivity index (χ0n) is 13.9. The Morgan fingerprint density at radius 2 is 1.92 bits per heavy atom. The maximum atomic E-state index is 12.3. The van der Waals surface area contributed by atoms with Crippen LogP contribution in [0.15, 0.2) is 47.1 Å². The third-order valence-electron chi connectivity index (χ3n) is 3.30. The normalized spacial score (nSPS) is 11.3. The van der Waals surface area contributed by atoms with E-state index in [0.29, 0.717) is 18.0 Å². The van der Waals surface area contributed by atoms with Crippen molar-refractivity contribution in [2.24, 2.45) is 0 Å². The summed E-state index contributed by atoms with van der Waals surface area (Å²) in [7, 11) is 1.38. The third kappa shape index (κ3) is 5.10. The monoisotopic (exact) mass is 345 g/mol. The molecule has 25 heavy (non-hydrogen) atoms. The van der Waals surface area contributed by atoms with Crippen molar-refractivity contribution in [3.05, 3.63) is 54.0 Å². The van der Waals surface area contributed by atoms with Crippen LogP contribution in [0.25, 0.3) is 0 Å². The molecule has 3 N–H and O–H groups in total. The molecule has 8 heteroatoms. The Morgan fingerprint density at radius 3 is 2.60 bits per heavy atom. The van der Waals surface area contributed by atoms with Gasteiger partial charge in [-0.15, -0.1) is 0 Å². The molecule has 0 saturated carbocycles. The van der Waals surface area contributed by atoms with E-state index >= 15 is 0 Å². The number of urea groups is 1. The standard InChI is InChI=1S/C17H19N3O5/c1-11(15(21)20-17(23)18-2)25-16(22)13-7-3-4-8-14(13)19-10-12-6-5-9-24-12/h3-9,11,19H,10H2,1-2H3,(H2,18,20,21,23)/t11-/m1/s1. The van der Waals surface area contributed by atoms with Crippen LogP contribution in [0.4, 0.5) is 10.5 Å². The summed E-state index contributed by atoms with van der Waals surface area (Å²) in [5.74, 6) is -0.683. The zero-order chi connectivity index (χ0) is 18.2. The minimum Gasteiger partial charge on any atom is -0.467 e. The highest BCUT2D eigenvalue weighted by atomic mass is 16.5. The number of esters is 1. The van der Waals surface area contributed by atoms with Gasteiger partial charge in [-0.3, -0.25) is 10.1 Å². The predicted molar refractivity (Wildman–Crippen MR) is 90.0 cm³/mol. The molecule has 0 unspecified atom stereocenters. The fourth-order valence-electron chi connectivity index (χ4n) is 1.96. The molecule has 1 aromatic carbocycles. The van der Waals surface area contributed by atoms with E-state index in [9.17, 15) is 14.4 Å². The van der Waals surface area contributed by atoms with Gasteiger partial charge in [0.05, 0.1) is 18.4 Å². The molecule has 3 amide bonds. The first-order chi connectivity index (χ1) is 12.0. The van der Waals surface area contributed by atoms with E-state index in [1.807, 2.05) is 0 Å². The first-order valence-corrected chi connectivity index (χ1v) is 7.60. The van der Waals surface area contributed by atoms with Gasteiger partial charge in [-0.05, 0) is 31.2 Å². The molecule has 132 valence electrons. The van der Waals surface area contributed by atoms with Crippen molar-refractivity contribution < 1.29 is 23.5 Å². The van der Waals surface area contributed by atoms with Crippen molar-refractivity contribution in [3.63, 3.8) is 0 Å². The van der Waals surface area contributed by atoms with Gasteiger partial charge in [0.15, 0.2) is 6.10 Å². The van der Waals surface area contributed by atoms with Crippen molar-refractivity contribution in [1.29, 1.82) is 0 Å². The van der Waals surface area contributed by atoms with Crippen LogP contribution in [-0.2, 0) is 16.1 Å². The van der Waals surface area contributed by atoms with Crippen molar-refractivity contribution in [2.75, 3.05) is 12.4 Å². The number of nitrogens with one attached hydrogen (secondary N) is 3. The lowest BCUT2D eigenvalue weighted by Crippen LogP contribution is -2.43. The summed E-state index contributed by atoms with van der Waals surface area (Å²) in [5, 5.41) is 7.38. The van der Waals surface area contributed by atoms with Gasteiger partial charge in [0.2, 0.25) is 0 Å². The Kier molecular flexibility index (Phi) is 6.16. The summed E-state index contributed by atoms with van der Waals surface area (Å²) in [4.78, 5) is 35.2. The van der Waals surface area contributed by atoms with Gasteiger partial charge in [-0.25, -0.2) is 9.59 Å². The Balaban J connectivity index is 2.01. The number of carbonyl (C=O) groups excluding carboxylic acids is 3. The zero-order valence-corrected chi connectivity index (χ0v) is 13.9. The van der Waals surface area contributed by atoms with Gasteiger partial charge in [-0.2, -0.15) is 0 Å². The number of carbonyl (C=O) groups is 3. The molecule has 0 aliphatic rings. The molecule has 0 fully saturated rings. The molecule has 2 aromatic rings. The number of rotatable bonds is 6. The van der Waals surface area contributed by atoms with Crippen molar-refractivity contribution in [3.8, 4) is 0 Å². The molecular formula is C17H19N3O5. The SMILES string of the molecule is CNC(=O)NC(=O)[C@@H](C)OC(=O)c1ccccc1NCc1ccco1. The second-order valence-corrected chi connectivity index (χ2v) is 5.09. The van der Waals surface area contributed by atoms with Crippen molar-refractivity contribution >= 4 is 23.6 Å². The molecule has 8 nitrogen and oxygen atoms in total. The van der Waals surface area contributed by atoms with Gasteiger partial charge < -0.3 is 19.8 Å². The third-order valence-corrected chi connectivity index (χ3v) is 3.30. The van der Waals surface area contributed by atoms with Crippen LogP contribution in [0.5, 0.6) is 0 Å². The Bertz CT molecular complexity index is 743. The number of amides is 3. The smallest absolute Gasteiger partial charge is 0.341 e. The average Bonchev–Trinajstić information content (AvgIpc) is 3.13. The first kappa shape index (κ1) is 18.1. The molecule has 1 aromatic heterocycles. The van der Waals surface area contributed by atoms with E-state index in [1.54, 1.807) is 42.7 Å². The minimum atomic E-state index is -1.12. The van der Waals surface area contributed by atoms with E-state index in [2.05, 4.69) is 16.0 Å². The number of ether oxygens (including phenoxy) is 1. The second-order valence-electron chi connectivity index (χ2n) is 5.09. The van der Waals surface area contributed by atoms with Gasteiger partial charge >= 0.3 is 12.0 Å². The molecule has 0 bridgehead atoms. The summed E-state index contributed by atoms with van der Waals surface area (Å²) in [5.41, 5.74) is 0.816. The van der Waals surface area contributed by atoms with E-state index in [-0.39, 0.29) is 5.56 Å². The van der Waals surface area contributed by atoms with Crippen LogP contribution in [0, 0.1) is 0 Å². The Labute approximate surface area is 144 Å². The number of furan rings is 1. The minimum absolute atomic E-state index is 0.272. The van der Waals surface area contributed by atoms with Gasteiger partial charge in [-0.1, -0.05) is 12.1 Å². The molecule has 1 heterocycles. The van der Waals surface area contributed by atoms with Crippen LogP contribution in [-0.4, -0.2) is 31.1 Å². The average molecular weight is 345 g/mol. The number of benzene rings is 1. The lowest BCUT2D eigenvalue weighted by molar-refractivity contribution is -0.127. The highest BCUT2D eigenvalue weighted by Crippen LogP contribution is 2.18. The fraction of sp³-hybridized carbons (Fsp3) is 0.235. The lowest BCUT2D eigenvalue weighted by atomic mass is 10.1. The molecule has 0 aliphatic carbocycles. The number of imide groups is 1. The van der Waals surface area contributed by atoms with Crippen LogP contribution >= 0.6 is 0 Å². The number of hydrogen-bond acceptors (Lipinski definition) is 6. The molecular weight excluding hydrogens is 326 g/mol. The quantitative estimate of drug-likeness (QED) is 0.690. The van der Waals surface area contributed by atoms with Crippen LogP contribution in [0.1, 0.15) is 23.0 Å². The Morgan fingerprint density at radius 1 is 1.16 bits per heavy atom. The highest BCUT2D eigenvalue weighted by Gasteiger charge is 2.22. The molecule has 0 spiro atoms. The van der Waals surface area contributed by atoms with Crippen LogP contribution in [0.2, 0.25) is 0 Å². The second kappa shape index (κ2) is 8.53. The van der Waals surface area contributed by atoms with Gasteiger partial charge in [0.25, 0.3) is 5.91 Å². The van der Waals surface area contributed by atoms with Gasteiger partial charge in [0.1, 0.15) is 5.76 Å². The molecule has 2 rings (SSSR count). The topological polar surface area (TPSA) is 110 Å². The predicted octanol–water partition coefficient (Wildman–Crippen LogP) is 1.89. The van der Waals surface area contributed by atoms with Gasteiger partial charge in [0, 0.05) is 12.7 Å². The van der Waals surface area contributed by atoms with E-state index in [1.165, 1.54) is 14.0 Å². The fourth-order valence-corrected chi connectivity index (χ4v) is 1.96. The summed E-state index contributed by atoms with van der Waals surface area (Å²) in [6.07, 6.45) is 0.437. The molecule has 1 atom stereocenters. The summed E-state index contributed by atoms with van der Waals surface area (Å²) < 4.78 is 10.4. The van der Waals surface area contributed by atoms with Crippen LogP contribution < -0.4 is 16.0 Å². The molecule has 0 saturated heterocycles. The maximum Gasteiger partial charge on any atom is 0.341 e. The maximum absolute atomic E-state index is 12.3. The van der Waals surface area contributed by atoms with Crippen LogP contribution in [0.3, 0.4) is 0 Å². The molecule has 0 radical (unpaired) electrons. The number of para-hydroxylation sites is 1. The largest absolute Gasteiger partial charge is 0.467 e. The summed E-state index contributed by atoms with van der Waals surface area (Å²) >= 11 is 0. The highest BCUT2D eigenvalue weighted by molar-refractivity contribution is 6.00. The van der Waals surface area contributed by atoms with E-state index < -0.39 is 24.0 Å². The van der Waals surface area contributed by atoms with Crippen molar-refractivity contribution in [2.45, 2.75) is 19.6 Å². The molecule has 0 aliphatic heterocycles. The summed E-state index contributed by atoms with van der Waals surface area (Å²) in [6.45, 7) is 1.78. The number of anilines is 1. The van der Waals surface area contributed by atoms with Crippen molar-refractivity contribution in [1.82, 2.24) is 10.6 Å². The first-order valence-electron chi connectivity index (χ1n) is 7.60. The van der Waals surface area contributed by atoms with E-state index in [4.69, 9.17) is 9.15 Å². The Hall–Kier alpha value is -3.29.